The minimum atomic E-state index is -0.165. The molecule has 1 unspecified atom stereocenters. The first kappa shape index (κ1) is 17.6. The number of benzene rings is 2. The van der Waals surface area contributed by atoms with Crippen LogP contribution in [0.4, 0.5) is 0 Å². The summed E-state index contributed by atoms with van der Waals surface area (Å²) in [7, 11) is 0. The summed E-state index contributed by atoms with van der Waals surface area (Å²) < 4.78 is 17.3. The Morgan fingerprint density at radius 3 is 2.64 bits per heavy atom. The average molecular weight is 376 g/mol. The van der Waals surface area contributed by atoms with Crippen molar-refractivity contribution in [3.63, 3.8) is 0 Å². The molecule has 0 N–H and O–H groups in total. The van der Waals surface area contributed by atoms with Crippen LogP contribution in [-0.2, 0) is 0 Å². The van der Waals surface area contributed by atoms with Gasteiger partial charge < -0.3 is 14.2 Å². The Morgan fingerprint density at radius 2 is 1.88 bits per heavy atom. The number of hydrogen-bond donors (Lipinski definition) is 0. The maximum Gasteiger partial charge on any atom is 0.184 e. The van der Waals surface area contributed by atoms with Crippen LogP contribution in [0, 0.1) is 0 Å². The Hall–Kier alpha value is -2.24. The van der Waals surface area contributed by atoms with Crippen LogP contribution in [0.3, 0.4) is 0 Å². The van der Waals surface area contributed by atoms with Gasteiger partial charge in [0, 0.05) is 10.9 Å². The van der Waals surface area contributed by atoms with Crippen LogP contribution in [0.2, 0.25) is 0 Å². The normalized spacial score (nSPS) is 15.3. The number of hydrogen-bond acceptors (Lipinski definition) is 5. The summed E-state index contributed by atoms with van der Waals surface area (Å²) in [6.45, 7) is 3.12. The highest BCUT2D eigenvalue weighted by Gasteiger charge is 2.25. The fourth-order valence-electron chi connectivity index (χ4n) is 2.60. The summed E-state index contributed by atoms with van der Waals surface area (Å²) in [5.41, 5.74) is 2.01. The largest absolute Gasteiger partial charge is 0.494 e. The molecule has 0 saturated carbocycles. The van der Waals surface area contributed by atoms with Crippen molar-refractivity contribution in [2.24, 2.45) is 0 Å². The highest BCUT2D eigenvalue weighted by molar-refractivity contribution is 7.10. The maximum absolute atomic E-state index is 6.02. The van der Waals surface area contributed by atoms with Gasteiger partial charge in [-0.25, -0.2) is 4.98 Å². The van der Waals surface area contributed by atoms with Crippen LogP contribution in [0.5, 0.6) is 17.2 Å². The van der Waals surface area contributed by atoms with Crippen LogP contribution >= 0.6 is 23.7 Å². The standard InChI is InChI=1S/C19H17NO3S.ClH/c1-2-21-14-9-7-13(8-10-14)15-12-24-19(20-15)18-11-22-16-5-3-4-6-17(16)23-18;/h3-10,12,18H,2,11H2,1H3;1H. The molecule has 4 nitrogen and oxygen atoms in total. The smallest absolute Gasteiger partial charge is 0.184 e. The molecule has 0 radical (unpaired) electrons. The number of para-hydroxylation sites is 2. The van der Waals surface area contributed by atoms with Gasteiger partial charge in [0.1, 0.15) is 17.4 Å². The van der Waals surface area contributed by atoms with Crippen molar-refractivity contribution in [1.29, 1.82) is 0 Å². The molecule has 3 aromatic rings. The number of nitrogens with zero attached hydrogens (tertiary/aromatic N) is 1. The fourth-order valence-corrected chi connectivity index (χ4v) is 3.44. The lowest BCUT2D eigenvalue weighted by molar-refractivity contribution is 0.0911. The van der Waals surface area contributed by atoms with Crippen molar-refractivity contribution in [1.82, 2.24) is 4.98 Å². The van der Waals surface area contributed by atoms with E-state index in [1.54, 1.807) is 11.3 Å². The summed E-state index contributed by atoms with van der Waals surface area (Å²) >= 11 is 1.59. The molecule has 0 spiro atoms. The lowest BCUT2D eigenvalue weighted by atomic mass is 10.2. The van der Waals surface area contributed by atoms with Gasteiger partial charge >= 0.3 is 0 Å². The predicted octanol–water partition coefficient (Wildman–Crippen LogP) is 5.14. The summed E-state index contributed by atoms with van der Waals surface area (Å²) in [5, 5.41) is 2.97. The Balaban J connectivity index is 0.00000182. The van der Waals surface area contributed by atoms with E-state index < -0.39 is 0 Å². The van der Waals surface area contributed by atoms with E-state index in [4.69, 9.17) is 19.2 Å². The molecule has 2 aromatic carbocycles. The number of ether oxygens (including phenoxy) is 3. The molecule has 1 atom stereocenters. The Kier molecular flexibility index (Phi) is 5.46. The summed E-state index contributed by atoms with van der Waals surface area (Å²) in [4.78, 5) is 4.73. The molecule has 25 heavy (non-hydrogen) atoms. The molecule has 0 saturated heterocycles. The number of fused-ring (bicyclic) bond motifs is 1. The Morgan fingerprint density at radius 1 is 1.12 bits per heavy atom. The second-order valence-corrected chi connectivity index (χ2v) is 6.28. The molecule has 2 heterocycles. The van der Waals surface area contributed by atoms with E-state index in [1.807, 2.05) is 55.5 Å². The van der Waals surface area contributed by atoms with E-state index in [0.29, 0.717) is 13.2 Å². The highest BCUT2D eigenvalue weighted by atomic mass is 35.5. The van der Waals surface area contributed by atoms with E-state index in [1.165, 1.54) is 0 Å². The van der Waals surface area contributed by atoms with E-state index >= 15 is 0 Å². The summed E-state index contributed by atoms with van der Waals surface area (Å²) in [6, 6.07) is 15.7. The molecule has 6 heteroatoms. The number of rotatable bonds is 4. The Labute approximate surface area is 156 Å². The van der Waals surface area contributed by atoms with Gasteiger partial charge in [0.25, 0.3) is 0 Å². The minimum absolute atomic E-state index is 0. The van der Waals surface area contributed by atoms with E-state index in [-0.39, 0.29) is 18.5 Å². The molecule has 130 valence electrons. The Bertz CT molecular complexity index is 835. The van der Waals surface area contributed by atoms with Crippen molar-refractivity contribution >= 4 is 23.7 Å². The monoisotopic (exact) mass is 375 g/mol. The first-order valence-corrected chi connectivity index (χ1v) is 8.78. The number of aromatic nitrogens is 1. The molecule has 1 aromatic heterocycles. The van der Waals surface area contributed by atoms with Gasteiger partial charge in [-0.2, -0.15) is 0 Å². The zero-order chi connectivity index (χ0) is 16.4. The van der Waals surface area contributed by atoms with Gasteiger partial charge in [0.05, 0.1) is 12.3 Å². The van der Waals surface area contributed by atoms with Gasteiger partial charge in [0.15, 0.2) is 17.6 Å². The number of halogens is 1. The van der Waals surface area contributed by atoms with Crippen LogP contribution < -0.4 is 14.2 Å². The van der Waals surface area contributed by atoms with Gasteiger partial charge in [0.2, 0.25) is 0 Å². The molecule has 0 bridgehead atoms. The lowest BCUT2D eigenvalue weighted by Crippen LogP contribution is -2.21. The van der Waals surface area contributed by atoms with E-state index in [0.717, 1.165) is 33.5 Å². The van der Waals surface area contributed by atoms with Gasteiger partial charge in [-0.3, -0.25) is 0 Å². The second-order valence-electron chi connectivity index (χ2n) is 5.39. The molecule has 1 aliphatic heterocycles. The van der Waals surface area contributed by atoms with Gasteiger partial charge in [-0.15, -0.1) is 23.7 Å². The van der Waals surface area contributed by atoms with Crippen molar-refractivity contribution in [3.8, 4) is 28.5 Å². The predicted molar refractivity (Wildman–Crippen MR) is 101 cm³/mol. The fraction of sp³-hybridized carbons (Fsp3) is 0.211. The molecular weight excluding hydrogens is 358 g/mol. The quantitative estimate of drug-likeness (QED) is 0.632. The van der Waals surface area contributed by atoms with Crippen molar-refractivity contribution in [3.05, 3.63) is 58.9 Å². The van der Waals surface area contributed by atoms with Crippen molar-refractivity contribution < 1.29 is 14.2 Å². The third-order valence-corrected chi connectivity index (χ3v) is 4.70. The topological polar surface area (TPSA) is 40.6 Å². The maximum atomic E-state index is 6.02. The van der Waals surface area contributed by atoms with Crippen LogP contribution in [0.1, 0.15) is 18.0 Å². The van der Waals surface area contributed by atoms with Gasteiger partial charge in [-0.05, 0) is 43.3 Å². The first-order valence-electron chi connectivity index (χ1n) is 7.90. The highest BCUT2D eigenvalue weighted by Crippen LogP contribution is 2.37. The lowest BCUT2D eigenvalue weighted by Gasteiger charge is -2.24. The zero-order valence-electron chi connectivity index (χ0n) is 13.7. The number of thiazole rings is 1. The van der Waals surface area contributed by atoms with Gasteiger partial charge in [-0.1, -0.05) is 12.1 Å². The van der Waals surface area contributed by atoms with Crippen molar-refractivity contribution in [2.75, 3.05) is 13.2 Å². The van der Waals surface area contributed by atoms with E-state index in [2.05, 4.69) is 5.38 Å². The third-order valence-electron chi connectivity index (χ3n) is 3.77. The minimum Gasteiger partial charge on any atom is -0.494 e. The summed E-state index contributed by atoms with van der Waals surface area (Å²) in [5.74, 6) is 2.43. The van der Waals surface area contributed by atoms with Crippen LogP contribution in [0.25, 0.3) is 11.3 Å². The van der Waals surface area contributed by atoms with Crippen LogP contribution in [0.15, 0.2) is 53.9 Å². The molecule has 0 amide bonds. The van der Waals surface area contributed by atoms with Crippen molar-refractivity contribution in [2.45, 2.75) is 13.0 Å². The SMILES string of the molecule is CCOc1ccc(-c2csc(C3COc4ccccc4O3)n2)cc1.Cl. The third kappa shape index (κ3) is 3.72. The zero-order valence-corrected chi connectivity index (χ0v) is 15.3. The van der Waals surface area contributed by atoms with E-state index in [9.17, 15) is 0 Å². The molecule has 1 aliphatic rings. The second kappa shape index (κ2) is 7.76. The van der Waals surface area contributed by atoms with Crippen LogP contribution in [-0.4, -0.2) is 18.2 Å². The first-order chi connectivity index (χ1) is 11.8. The molecular formula is C19H18ClNO3S. The molecule has 4 rings (SSSR count). The molecule has 0 aliphatic carbocycles. The average Bonchev–Trinajstić information content (AvgIpc) is 3.12. The molecule has 0 fully saturated rings. The summed E-state index contributed by atoms with van der Waals surface area (Å²) in [6.07, 6.45) is -0.165.